The van der Waals surface area contributed by atoms with Crippen molar-refractivity contribution in [3.05, 3.63) is 95.1 Å². The highest BCUT2D eigenvalue weighted by Crippen LogP contribution is 2.31. The number of benzene rings is 3. The number of carbonyl (C=O) groups is 1. The quantitative estimate of drug-likeness (QED) is 0.215. The van der Waals surface area contributed by atoms with Gasteiger partial charge in [0.05, 0.1) is 11.1 Å². The fourth-order valence-electron chi connectivity index (χ4n) is 3.61. The smallest absolute Gasteiger partial charge is 0.372 e. The maximum atomic E-state index is 13.0. The molecular weight excluding hydrogens is 481 g/mol. The Morgan fingerprint density at radius 3 is 2.35 bits per heavy atom. The van der Waals surface area contributed by atoms with Gasteiger partial charge in [0.2, 0.25) is 0 Å². The van der Waals surface area contributed by atoms with Gasteiger partial charge in [-0.15, -0.1) is 0 Å². The minimum Gasteiger partial charge on any atom is -0.372 e. The van der Waals surface area contributed by atoms with E-state index in [0.717, 1.165) is 29.5 Å². The van der Waals surface area contributed by atoms with Crippen LogP contribution in [0.15, 0.2) is 72.8 Å². The average Bonchev–Trinajstić information content (AvgIpc) is 2.89. The molecular formula is C27H23F3N6O. The molecule has 0 fully saturated rings. The van der Waals surface area contributed by atoms with Crippen LogP contribution in [0.1, 0.15) is 27.0 Å². The molecule has 0 spiro atoms. The van der Waals surface area contributed by atoms with Crippen LogP contribution in [0.3, 0.4) is 0 Å². The van der Waals surface area contributed by atoms with Crippen LogP contribution in [0.4, 0.5) is 36.2 Å². The minimum atomic E-state index is -4.52. The molecule has 0 bridgehead atoms. The first-order valence-electron chi connectivity index (χ1n) is 11.2. The van der Waals surface area contributed by atoms with Gasteiger partial charge < -0.3 is 21.4 Å². The Labute approximate surface area is 211 Å². The first-order valence-corrected chi connectivity index (χ1v) is 11.2. The third-order valence-corrected chi connectivity index (χ3v) is 5.56. The molecule has 0 unspecified atom stereocenters. The van der Waals surface area contributed by atoms with Gasteiger partial charge in [-0.3, -0.25) is 4.79 Å². The summed E-state index contributed by atoms with van der Waals surface area (Å²) >= 11 is 0. The van der Waals surface area contributed by atoms with E-state index < -0.39 is 17.6 Å². The Morgan fingerprint density at radius 2 is 1.68 bits per heavy atom. The standard InChI is InChI=1S/C27H23F3N6O/c1-16-11-12-18(26(37)33-20-10-6-9-19(14-20)27(28,29)30)13-22(16)34-25-21(15-31)24(32-2)35-23(36-25)17-7-4-3-5-8-17/h3-15,31H,1-2H3,(H,33,37)(H2,32,34,35,36). The van der Waals surface area contributed by atoms with E-state index >= 15 is 0 Å². The summed E-state index contributed by atoms with van der Waals surface area (Å²) in [6.07, 6.45) is -3.39. The van der Waals surface area contributed by atoms with Gasteiger partial charge in [-0.2, -0.15) is 13.2 Å². The van der Waals surface area contributed by atoms with Gasteiger partial charge in [0, 0.05) is 35.8 Å². The number of aromatic nitrogens is 2. The van der Waals surface area contributed by atoms with Gasteiger partial charge in [0.15, 0.2) is 5.82 Å². The average molecular weight is 505 g/mol. The third-order valence-electron chi connectivity index (χ3n) is 5.56. The van der Waals surface area contributed by atoms with Gasteiger partial charge in [-0.1, -0.05) is 42.5 Å². The van der Waals surface area contributed by atoms with Crippen molar-refractivity contribution in [1.29, 1.82) is 5.41 Å². The lowest BCUT2D eigenvalue weighted by atomic mass is 10.1. The SMILES string of the molecule is CNc1nc(-c2ccccc2)nc(Nc2cc(C(=O)Nc3cccc(C(F)(F)F)c3)ccc2C)c1C=N. The predicted octanol–water partition coefficient (Wildman–Crippen LogP) is 6.51. The van der Waals surface area contributed by atoms with Crippen LogP contribution in [-0.2, 0) is 6.18 Å². The molecule has 0 aliphatic carbocycles. The molecule has 0 aliphatic rings. The number of nitrogens with zero attached hydrogens (tertiary/aromatic N) is 2. The number of halogens is 3. The number of rotatable bonds is 7. The lowest BCUT2D eigenvalue weighted by Crippen LogP contribution is -2.14. The topological polar surface area (TPSA) is 103 Å². The number of hydrogen-bond acceptors (Lipinski definition) is 6. The lowest BCUT2D eigenvalue weighted by molar-refractivity contribution is -0.137. The second kappa shape index (κ2) is 10.5. The number of carbonyl (C=O) groups excluding carboxylic acids is 1. The molecule has 1 heterocycles. The van der Waals surface area contributed by atoms with E-state index in [9.17, 15) is 18.0 Å². The Morgan fingerprint density at radius 1 is 0.946 bits per heavy atom. The van der Waals surface area contributed by atoms with Crippen LogP contribution < -0.4 is 16.0 Å². The Balaban J connectivity index is 1.66. The van der Waals surface area contributed by atoms with Crippen LogP contribution in [0.2, 0.25) is 0 Å². The predicted molar refractivity (Wildman–Crippen MR) is 139 cm³/mol. The molecule has 0 aliphatic heterocycles. The summed E-state index contributed by atoms with van der Waals surface area (Å²) in [6.45, 7) is 1.83. The summed E-state index contributed by atoms with van der Waals surface area (Å²) in [4.78, 5) is 22.0. The van der Waals surface area contributed by atoms with Crippen LogP contribution in [0.5, 0.6) is 0 Å². The maximum Gasteiger partial charge on any atom is 0.416 e. The zero-order chi connectivity index (χ0) is 26.6. The second-order valence-electron chi connectivity index (χ2n) is 8.11. The van der Waals surface area contributed by atoms with Gasteiger partial charge in [-0.25, -0.2) is 9.97 Å². The summed E-state index contributed by atoms with van der Waals surface area (Å²) in [5.74, 6) is 0.668. The molecule has 4 rings (SSSR count). The molecule has 4 aromatic rings. The molecule has 0 atom stereocenters. The largest absolute Gasteiger partial charge is 0.416 e. The zero-order valence-electron chi connectivity index (χ0n) is 19.9. The number of nitrogens with one attached hydrogen (secondary N) is 4. The van der Waals surface area contributed by atoms with Crippen molar-refractivity contribution in [2.24, 2.45) is 0 Å². The Hall–Kier alpha value is -4.73. The molecule has 0 saturated heterocycles. The third kappa shape index (κ3) is 5.75. The fourth-order valence-corrected chi connectivity index (χ4v) is 3.61. The number of anilines is 4. The normalized spacial score (nSPS) is 11.1. The zero-order valence-corrected chi connectivity index (χ0v) is 19.9. The van der Waals surface area contributed by atoms with Crippen LogP contribution >= 0.6 is 0 Å². The van der Waals surface area contributed by atoms with Gasteiger partial charge >= 0.3 is 6.18 Å². The highest BCUT2D eigenvalue weighted by Gasteiger charge is 2.30. The van der Waals surface area contributed by atoms with Crippen LogP contribution in [0, 0.1) is 12.3 Å². The summed E-state index contributed by atoms with van der Waals surface area (Å²) in [5, 5.41) is 16.6. The Kier molecular flexibility index (Phi) is 7.19. The summed E-state index contributed by atoms with van der Waals surface area (Å²) in [7, 11) is 1.69. The molecule has 10 heteroatoms. The molecule has 0 radical (unpaired) electrons. The van der Waals surface area contributed by atoms with E-state index in [2.05, 4.69) is 25.9 Å². The Bertz CT molecular complexity index is 1450. The molecule has 1 aromatic heterocycles. The second-order valence-corrected chi connectivity index (χ2v) is 8.11. The van der Waals surface area contributed by atoms with Crippen molar-refractivity contribution in [2.75, 3.05) is 23.0 Å². The van der Waals surface area contributed by atoms with Gasteiger partial charge in [-0.05, 0) is 42.8 Å². The maximum absolute atomic E-state index is 13.0. The van der Waals surface area contributed by atoms with Crippen LogP contribution in [0.25, 0.3) is 11.4 Å². The van der Waals surface area contributed by atoms with Crippen molar-refractivity contribution >= 4 is 35.1 Å². The van der Waals surface area contributed by atoms with E-state index in [-0.39, 0.29) is 11.3 Å². The summed E-state index contributed by atoms with van der Waals surface area (Å²) in [5.41, 5.74) is 1.94. The molecule has 3 aromatic carbocycles. The van der Waals surface area contributed by atoms with Crippen molar-refractivity contribution in [3.63, 3.8) is 0 Å². The number of hydrogen-bond donors (Lipinski definition) is 4. The summed E-state index contributed by atoms with van der Waals surface area (Å²) < 4.78 is 39.1. The molecule has 7 nitrogen and oxygen atoms in total. The molecule has 1 amide bonds. The monoisotopic (exact) mass is 504 g/mol. The fraction of sp³-hybridized carbons (Fsp3) is 0.111. The highest BCUT2D eigenvalue weighted by molar-refractivity contribution is 6.05. The number of aryl methyl sites for hydroxylation is 1. The van der Waals surface area contributed by atoms with E-state index in [1.165, 1.54) is 12.1 Å². The number of alkyl halides is 3. The molecule has 37 heavy (non-hydrogen) atoms. The molecule has 0 saturated carbocycles. The van der Waals surface area contributed by atoms with Gasteiger partial charge in [0.25, 0.3) is 5.91 Å². The van der Waals surface area contributed by atoms with Crippen LogP contribution in [-0.4, -0.2) is 29.1 Å². The van der Waals surface area contributed by atoms with Crippen molar-refractivity contribution in [3.8, 4) is 11.4 Å². The van der Waals surface area contributed by atoms with E-state index in [4.69, 9.17) is 5.41 Å². The first-order chi connectivity index (χ1) is 17.7. The van der Waals surface area contributed by atoms with E-state index in [1.54, 1.807) is 25.2 Å². The molecule has 4 N–H and O–H groups in total. The van der Waals surface area contributed by atoms with E-state index in [0.29, 0.717) is 28.7 Å². The lowest BCUT2D eigenvalue weighted by Gasteiger charge is -2.16. The number of amides is 1. The summed E-state index contributed by atoms with van der Waals surface area (Å²) in [6, 6.07) is 18.7. The van der Waals surface area contributed by atoms with Gasteiger partial charge in [0.1, 0.15) is 11.6 Å². The van der Waals surface area contributed by atoms with Crippen molar-refractivity contribution in [2.45, 2.75) is 13.1 Å². The highest BCUT2D eigenvalue weighted by atomic mass is 19.4. The van der Waals surface area contributed by atoms with Crippen molar-refractivity contribution < 1.29 is 18.0 Å². The van der Waals surface area contributed by atoms with E-state index in [1.807, 2.05) is 37.3 Å². The molecule has 188 valence electrons. The van der Waals surface area contributed by atoms with Crippen molar-refractivity contribution in [1.82, 2.24) is 9.97 Å². The minimum absolute atomic E-state index is 0.0305. The first kappa shape index (κ1) is 25.4.